The van der Waals surface area contributed by atoms with E-state index in [1.165, 1.54) is 44.9 Å². The summed E-state index contributed by atoms with van der Waals surface area (Å²) in [6.07, 6.45) is 8.67. The summed E-state index contributed by atoms with van der Waals surface area (Å²) in [5, 5.41) is 0. The van der Waals surface area contributed by atoms with Gasteiger partial charge in [-0.2, -0.15) is 0 Å². The Morgan fingerprint density at radius 3 is 2.41 bits per heavy atom. The van der Waals surface area contributed by atoms with Gasteiger partial charge in [0.15, 0.2) is 0 Å². The molecule has 2 aliphatic rings. The number of aromatic amines is 1. The van der Waals surface area contributed by atoms with Crippen LogP contribution >= 0.6 is 22.6 Å². The molecule has 0 atom stereocenters. The van der Waals surface area contributed by atoms with Gasteiger partial charge < -0.3 is 4.98 Å². The smallest absolute Gasteiger partial charge is 0.264 e. The molecule has 1 aromatic heterocycles. The van der Waals surface area contributed by atoms with Crippen LogP contribution in [0.3, 0.4) is 0 Å². The molecule has 0 amide bonds. The van der Waals surface area contributed by atoms with E-state index in [4.69, 9.17) is 4.98 Å². The lowest BCUT2D eigenvalue weighted by Crippen LogP contribution is -2.21. The van der Waals surface area contributed by atoms with E-state index in [0.29, 0.717) is 11.8 Å². The fraction of sp³-hybridized carbons (Fsp3) is 0.692. The molecule has 2 saturated carbocycles. The Morgan fingerprint density at radius 1 is 1.06 bits per heavy atom. The molecule has 2 aliphatic carbocycles. The van der Waals surface area contributed by atoms with Crippen LogP contribution in [0.1, 0.15) is 68.3 Å². The van der Waals surface area contributed by atoms with E-state index in [1.807, 2.05) is 0 Å². The molecule has 1 aromatic rings. The van der Waals surface area contributed by atoms with Crippen LogP contribution in [-0.4, -0.2) is 9.97 Å². The van der Waals surface area contributed by atoms with Crippen LogP contribution in [-0.2, 0) is 0 Å². The Hall–Kier alpha value is -0.390. The standard InChI is InChI=1S/C13H17IN2O/c14-10-11(8-6-7-8)15-12(16-13(10)17)9-4-2-1-3-5-9/h8-9H,1-7H2,(H,15,16,17). The fourth-order valence-electron chi connectivity index (χ4n) is 2.69. The van der Waals surface area contributed by atoms with Crippen LogP contribution in [0.2, 0.25) is 0 Å². The van der Waals surface area contributed by atoms with Crippen LogP contribution in [0.25, 0.3) is 0 Å². The molecule has 17 heavy (non-hydrogen) atoms. The Labute approximate surface area is 115 Å². The Balaban J connectivity index is 1.96. The van der Waals surface area contributed by atoms with E-state index in [0.717, 1.165) is 15.1 Å². The maximum Gasteiger partial charge on any atom is 0.264 e. The van der Waals surface area contributed by atoms with Crippen molar-refractivity contribution in [1.82, 2.24) is 9.97 Å². The number of hydrogen-bond donors (Lipinski definition) is 1. The molecule has 0 spiro atoms. The third-order valence-electron chi connectivity index (χ3n) is 3.86. The molecule has 0 aromatic carbocycles. The monoisotopic (exact) mass is 344 g/mol. The van der Waals surface area contributed by atoms with Gasteiger partial charge in [-0.05, 0) is 48.3 Å². The number of nitrogens with one attached hydrogen (secondary N) is 1. The zero-order valence-corrected chi connectivity index (χ0v) is 12.0. The molecule has 1 heterocycles. The molecule has 3 nitrogen and oxygen atoms in total. The normalized spacial score (nSPS) is 21.7. The highest BCUT2D eigenvalue weighted by Crippen LogP contribution is 2.41. The third-order valence-corrected chi connectivity index (χ3v) is 4.91. The molecule has 0 aliphatic heterocycles. The Morgan fingerprint density at radius 2 is 1.76 bits per heavy atom. The van der Waals surface area contributed by atoms with Gasteiger partial charge in [-0.15, -0.1) is 0 Å². The summed E-state index contributed by atoms with van der Waals surface area (Å²) in [6, 6.07) is 0. The highest BCUT2D eigenvalue weighted by molar-refractivity contribution is 14.1. The molecule has 0 radical (unpaired) electrons. The van der Waals surface area contributed by atoms with Crippen molar-refractivity contribution >= 4 is 22.6 Å². The predicted molar refractivity (Wildman–Crippen MR) is 75.4 cm³/mol. The van der Waals surface area contributed by atoms with Crippen molar-refractivity contribution < 1.29 is 0 Å². The lowest BCUT2D eigenvalue weighted by Gasteiger charge is -2.21. The average molecular weight is 344 g/mol. The summed E-state index contributed by atoms with van der Waals surface area (Å²) in [7, 11) is 0. The number of H-pyrrole nitrogens is 1. The minimum atomic E-state index is 0.0723. The molecular weight excluding hydrogens is 327 g/mol. The summed E-state index contributed by atoms with van der Waals surface area (Å²) in [5.41, 5.74) is 1.14. The van der Waals surface area contributed by atoms with Gasteiger partial charge in [-0.3, -0.25) is 4.79 Å². The second-order valence-electron chi connectivity index (χ2n) is 5.26. The molecule has 1 N–H and O–H groups in total. The zero-order chi connectivity index (χ0) is 11.8. The van der Waals surface area contributed by atoms with E-state index in [-0.39, 0.29) is 5.56 Å². The Bertz CT molecular complexity index is 473. The molecule has 0 unspecified atom stereocenters. The number of aromatic nitrogens is 2. The molecular formula is C13H17IN2O. The highest BCUT2D eigenvalue weighted by atomic mass is 127. The summed E-state index contributed by atoms with van der Waals surface area (Å²) in [5.74, 6) is 2.01. The summed E-state index contributed by atoms with van der Waals surface area (Å²) < 4.78 is 0.810. The quantitative estimate of drug-likeness (QED) is 0.837. The van der Waals surface area contributed by atoms with E-state index in [2.05, 4.69) is 27.6 Å². The van der Waals surface area contributed by atoms with E-state index in [1.54, 1.807) is 0 Å². The first-order chi connectivity index (χ1) is 8.25. The van der Waals surface area contributed by atoms with Crippen molar-refractivity contribution in [2.45, 2.75) is 56.8 Å². The lowest BCUT2D eigenvalue weighted by molar-refractivity contribution is 0.426. The van der Waals surface area contributed by atoms with E-state index >= 15 is 0 Å². The first-order valence-corrected chi connectivity index (χ1v) is 7.63. The van der Waals surface area contributed by atoms with E-state index < -0.39 is 0 Å². The first kappa shape index (κ1) is 11.7. The number of nitrogens with zero attached hydrogens (tertiary/aromatic N) is 1. The molecule has 0 saturated heterocycles. The minimum absolute atomic E-state index is 0.0723. The summed E-state index contributed by atoms with van der Waals surface area (Å²) in [6.45, 7) is 0. The first-order valence-electron chi connectivity index (χ1n) is 6.55. The maximum absolute atomic E-state index is 11.9. The molecule has 2 fully saturated rings. The van der Waals surface area contributed by atoms with Gasteiger partial charge >= 0.3 is 0 Å². The zero-order valence-electron chi connectivity index (χ0n) is 9.84. The number of halogens is 1. The van der Waals surface area contributed by atoms with Gasteiger partial charge in [-0.25, -0.2) is 4.98 Å². The second kappa shape index (κ2) is 4.71. The summed E-state index contributed by atoms with van der Waals surface area (Å²) >= 11 is 2.14. The topological polar surface area (TPSA) is 45.8 Å². The SMILES string of the molecule is O=c1[nH]c(C2CCCCC2)nc(C2CC2)c1I. The van der Waals surface area contributed by atoms with Crippen LogP contribution in [0.5, 0.6) is 0 Å². The largest absolute Gasteiger partial charge is 0.309 e. The van der Waals surface area contributed by atoms with Gasteiger partial charge in [0.05, 0.1) is 9.26 Å². The van der Waals surface area contributed by atoms with Crippen molar-refractivity contribution in [1.29, 1.82) is 0 Å². The lowest BCUT2D eigenvalue weighted by atomic mass is 9.88. The predicted octanol–water partition coefficient (Wildman–Crippen LogP) is 3.30. The average Bonchev–Trinajstić information content (AvgIpc) is 3.18. The van der Waals surface area contributed by atoms with Crippen LogP contribution in [0, 0.1) is 3.57 Å². The maximum atomic E-state index is 11.9. The second-order valence-corrected chi connectivity index (χ2v) is 6.34. The van der Waals surface area contributed by atoms with Crippen molar-refractivity contribution in [2.75, 3.05) is 0 Å². The van der Waals surface area contributed by atoms with Crippen LogP contribution < -0.4 is 5.56 Å². The van der Waals surface area contributed by atoms with Gasteiger partial charge in [0, 0.05) is 11.8 Å². The highest BCUT2D eigenvalue weighted by Gasteiger charge is 2.30. The van der Waals surface area contributed by atoms with Gasteiger partial charge in [-0.1, -0.05) is 19.3 Å². The van der Waals surface area contributed by atoms with Gasteiger partial charge in [0.25, 0.3) is 5.56 Å². The molecule has 4 heteroatoms. The van der Waals surface area contributed by atoms with Gasteiger partial charge in [0.1, 0.15) is 5.82 Å². The summed E-state index contributed by atoms with van der Waals surface area (Å²) in [4.78, 5) is 19.7. The van der Waals surface area contributed by atoms with Crippen LogP contribution in [0.4, 0.5) is 0 Å². The molecule has 0 bridgehead atoms. The van der Waals surface area contributed by atoms with Crippen molar-refractivity contribution in [2.24, 2.45) is 0 Å². The van der Waals surface area contributed by atoms with Crippen molar-refractivity contribution in [3.63, 3.8) is 0 Å². The van der Waals surface area contributed by atoms with Crippen molar-refractivity contribution in [3.05, 3.63) is 25.4 Å². The van der Waals surface area contributed by atoms with Crippen LogP contribution in [0.15, 0.2) is 4.79 Å². The van der Waals surface area contributed by atoms with Crippen molar-refractivity contribution in [3.8, 4) is 0 Å². The van der Waals surface area contributed by atoms with Gasteiger partial charge in [0.2, 0.25) is 0 Å². The minimum Gasteiger partial charge on any atom is -0.309 e. The number of hydrogen-bond acceptors (Lipinski definition) is 2. The molecule has 3 rings (SSSR count). The third kappa shape index (κ3) is 2.41. The fourth-order valence-corrected chi connectivity index (χ4v) is 3.39. The Kier molecular flexibility index (Phi) is 3.23. The molecule has 92 valence electrons. The number of rotatable bonds is 2. The van der Waals surface area contributed by atoms with E-state index in [9.17, 15) is 4.79 Å².